The summed E-state index contributed by atoms with van der Waals surface area (Å²) < 4.78 is 53.6. The average Bonchev–Trinajstić information content (AvgIpc) is 2.70. The predicted octanol–water partition coefficient (Wildman–Crippen LogP) is -0.518. The Morgan fingerprint density at radius 2 is 1.95 bits per heavy atom. The van der Waals surface area contributed by atoms with Crippen molar-refractivity contribution < 1.29 is 35.9 Å². The molecule has 0 aromatic rings. The predicted molar refractivity (Wildman–Crippen MR) is 70.5 cm³/mol. The molecule has 4 rings (SSSR count). The third-order valence-electron chi connectivity index (χ3n) is 4.46. The third-order valence-corrected chi connectivity index (χ3v) is 4.91. The summed E-state index contributed by atoms with van der Waals surface area (Å²) in [6, 6.07) is 0. The number of ether oxygens (including phenoxy) is 4. The topological polar surface area (TPSA) is 109 Å². The van der Waals surface area contributed by atoms with Gasteiger partial charge < -0.3 is 13.8 Å². The van der Waals surface area contributed by atoms with Gasteiger partial charge in [0.05, 0.1) is 6.61 Å². The molecule has 126 valence electrons. The quantitative estimate of drug-likeness (QED) is 0.545. The molecule has 4 saturated heterocycles. The Morgan fingerprint density at radius 3 is 2.55 bits per heavy atom. The number of hydrogen-bond acceptors (Lipinski definition) is 7. The summed E-state index contributed by atoms with van der Waals surface area (Å²) in [6.07, 6.45) is -0.718. The highest BCUT2D eigenvalue weighted by Crippen LogP contribution is 2.77. The zero-order chi connectivity index (χ0) is 16.2. The van der Waals surface area contributed by atoms with Crippen molar-refractivity contribution >= 4 is 10.3 Å². The number of fused-ring (bicyclic) bond motifs is 2. The van der Waals surface area contributed by atoms with Crippen LogP contribution in [0.25, 0.3) is 0 Å². The number of epoxide rings is 1. The molecule has 2 N–H and O–H groups in total. The van der Waals surface area contributed by atoms with Crippen LogP contribution in [-0.4, -0.2) is 57.0 Å². The molecule has 0 aliphatic carbocycles. The first-order chi connectivity index (χ1) is 9.94. The van der Waals surface area contributed by atoms with Gasteiger partial charge >= 0.3 is 21.9 Å². The van der Waals surface area contributed by atoms with E-state index in [1.807, 2.05) is 27.7 Å². The van der Waals surface area contributed by atoms with Crippen LogP contribution in [0, 0.1) is 0 Å². The molecule has 0 aromatic carbocycles. The van der Waals surface area contributed by atoms with Gasteiger partial charge in [-0.2, -0.15) is 8.42 Å². The van der Waals surface area contributed by atoms with Gasteiger partial charge in [0.2, 0.25) is 6.10 Å². The maximum atomic E-state index is 11.1. The third kappa shape index (κ3) is 1.69. The van der Waals surface area contributed by atoms with E-state index in [9.17, 15) is 8.42 Å². The Labute approximate surface area is 128 Å². The number of nitrogens with two attached hydrogens (primary N) is 1. The fourth-order valence-electron chi connectivity index (χ4n) is 4.01. The Hall–Kier alpha value is -0.330. The molecule has 4 aliphatic rings. The first-order valence-corrected chi connectivity index (χ1v) is 8.52. The second kappa shape index (κ2) is 3.83. The maximum Gasteiger partial charge on any atom is 0.424 e. The van der Waals surface area contributed by atoms with Crippen molar-refractivity contribution in [3.05, 3.63) is 0 Å². The van der Waals surface area contributed by atoms with Crippen molar-refractivity contribution in [2.24, 2.45) is 5.14 Å². The van der Waals surface area contributed by atoms with Crippen molar-refractivity contribution in [1.82, 2.24) is 0 Å². The first-order valence-electron chi connectivity index (χ1n) is 7.05. The Balaban J connectivity index is 1.66. The fourth-order valence-corrected chi connectivity index (χ4v) is 4.33. The summed E-state index contributed by atoms with van der Waals surface area (Å²) in [6.45, 7) is 7.25. The van der Waals surface area contributed by atoms with Crippen LogP contribution in [0.3, 0.4) is 0 Å². The van der Waals surface area contributed by atoms with E-state index in [0.29, 0.717) is 0 Å². The molecule has 0 bridgehead atoms. The van der Waals surface area contributed by atoms with E-state index in [4.69, 9.17) is 28.3 Å². The molecule has 0 aromatic heterocycles. The monoisotopic (exact) mass is 338 g/mol. The van der Waals surface area contributed by atoms with Gasteiger partial charge in [-0.3, -0.25) is 4.74 Å². The number of hydrogen-bond donors (Lipinski definition) is 1. The molecule has 4 fully saturated rings. The minimum Gasteiger partial charge on any atom is -0.342 e. The summed E-state index contributed by atoms with van der Waals surface area (Å²) in [7, 11) is -4.09. The van der Waals surface area contributed by atoms with Crippen LogP contribution in [0.4, 0.5) is 0 Å². The van der Waals surface area contributed by atoms with Gasteiger partial charge in [0.25, 0.3) is 5.79 Å². The van der Waals surface area contributed by atoms with E-state index < -0.39 is 39.6 Å². The van der Waals surface area contributed by atoms with Gasteiger partial charge in [-0.15, -0.1) is 0 Å². The fraction of sp³-hybridized carbons (Fsp3) is 1.00. The van der Waals surface area contributed by atoms with Crippen LogP contribution < -0.4 is 5.14 Å². The molecule has 9 nitrogen and oxygen atoms in total. The molecule has 10 heteroatoms. The maximum absolute atomic E-state index is 11.1. The molecule has 4 heterocycles. The second-order valence-electron chi connectivity index (χ2n) is 6.89. The van der Waals surface area contributed by atoms with E-state index in [-0.39, 0.29) is 19.3 Å². The molecule has 0 unspecified atom stereocenters. The lowest BCUT2D eigenvalue weighted by molar-refractivity contribution is -0.467. The van der Waals surface area contributed by atoms with Crippen LogP contribution in [0.5, 0.6) is 0 Å². The second-order valence-corrected chi connectivity index (χ2v) is 8.11. The zero-order valence-corrected chi connectivity index (χ0v) is 13.6. The van der Waals surface area contributed by atoms with Gasteiger partial charge in [0.1, 0.15) is 6.10 Å². The summed E-state index contributed by atoms with van der Waals surface area (Å²) in [5.41, 5.74) is 0. The van der Waals surface area contributed by atoms with Crippen molar-refractivity contribution in [2.45, 2.75) is 63.1 Å². The molecule has 22 heavy (non-hydrogen) atoms. The van der Waals surface area contributed by atoms with Crippen LogP contribution >= 0.6 is 0 Å². The lowest BCUT2D eigenvalue weighted by Gasteiger charge is -2.36. The van der Waals surface area contributed by atoms with Gasteiger partial charge in [-0.25, -0.2) is 14.1 Å². The van der Waals surface area contributed by atoms with Crippen molar-refractivity contribution in [3.8, 4) is 0 Å². The molecule has 0 saturated carbocycles. The molecule has 1 spiro atoms. The van der Waals surface area contributed by atoms with Gasteiger partial charge in [-0.1, -0.05) is 0 Å². The molecule has 4 atom stereocenters. The van der Waals surface area contributed by atoms with E-state index in [2.05, 4.69) is 4.37 Å². The highest BCUT2D eigenvalue weighted by atomic mass is 32.2. The lowest BCUT2D eigenvalue weighted by atomic mass is 9.99. The van der Waals surface area contributed by atoms with Crippen LogP contribution in [0.1, 0.15) is 27.7 Å². The molecule has 0 amide bonds. The van der Waals surface area contributed by atoms with Crippen LogP contribution in [0.15, 0.2) is 0 Å². The van der Waals surface area contributed by atoms with E-state index in [1.54, 1.807) is 0 Å². The average molecular weight is 338 g/mol. The summed E-state index contributed by atoms with van der Waals surface area (Å²) in [5.74, 6) is -3.53. The Bertz CT molecular complexity index is 633. The highest BCUT2D eigenvalue weighted by molar-refractivity contribution is 7.84. The van der Waals surface area contributed by atoms with Crippen molar-refractivity contribution in [3.63, 3.8) is 0 Å². The summed E-state index contributed by atoms with van der Waals surface area (Å²) in [4.78, 5) is 0. The Morgan fingerprint density at radius 1 is 1.27 bits per heavy atom. The van der Waals surface area contributed by atoms with Crippen molar-refractivity contribution in [1.29, 1.82) is 0 Å². The lowest BCUT2D eigenvalue weighted by Crippen LogP contribution is -2.60. The zero-order valence-electron chi connectivity index (χ0n) is 12.8. The van der Waals surface area contributed by atoms with Crippen LogP contribution in [0.2, 0.25) is 0 Å². The van der Waals surface area contributed by atoms with E-state index in [0.717, 1.165) is 0 Å². The SMILES string of the molecule is CC1(C)O[C@@H]2[C@@H](CO[C@@]3(COS(N)(=O)=O)[O+]4C(C)(C)O[C@]243)O1. The smallest absolute Gasteiger partial charge is 0.342 e. The van der Waals surface area contributed by atoms with Crippen molar-refractivity contribution in [2.75, 3.05) is 13.2 Å². The standard InChI is InChI=1S/C12H20NO8S/c1-9(2)18-7-5-16-11(6-17-22(13,14)15)12(8(7)19-9)20-10(3,4)21(11)12/h7-8H,5-6H2,1-4H3,(H2,13,14,15)/q+1/t7-,8-,11+,12-/m1/s1. The molecule has 4 aliphatic heterocycles. The van der Waals surface area contributed by atoms with Gasteiger partial charge in [-0.05, 0) is 13.8 Å². The number of rotatable bonds is 3. The van der Waals surface area contributed by atoms with E-state index >= 15 is 0 Å². The Kier molecular flexibility index (Phi) is 2.65. The normalized spacial score (nSPS) is 48.0. The van der Waals surface area contributed by atoms with Gasteiger partial charge in [0.15, 0.2) is 12.4 Å². The largest absolute Gasteiger partial charge is 0.424 e. The molecular formula is C12H20NO8S+. The van der Waals surface area contributed by atoms with E-state index in [1.165, 1.54) is 0 Å². The highest BCUT2D eigenvalue weighted by Gasteiger charge is 3.08. The van der Waals surface area contributed by atoms with Gasteiger partial charge in [0, 0.05) is 13.8 Å². The van der Waals surface area contributed by atoms with Crippen LogP contribution in [-0.2, 0) is 37.8 Å². The first kappa shape index (κ1) is 15.2. The minimum atomic E-state index is -4.09. The minimum absolute atomic E-state index is 0.243. The molecular weight excluding hydrogens is 318 g/mol. The summed E-state index contributed by atoms with van der Waals surface area (Å²) >= 11 is 0. The molecule has 0 radical (unpaired) electrons. The summed E-state index contributed by atoms with van der Waals surface area (Å²) in [5, 5.41) is 4.93.